The Kier molecular flexibility index (Phi) is 7.72. The van der Waals surface area contributed by atoms with Crippen LogP contribution in [0.2, 0.25) is 0 Å². The van der Waals surface area contributed by atoms with Crippen molar-refractivity contribution in [3.8, 4) is 0 Å². The lowest BCUT2D eigenvalue weighted by atomic mass is 9.92. The van der Waals surface area contributed by atoms with Crippen LogP contribution in [0.3, 0.4) is 0 Å². The van der Waals surface area contributed by atoms with Crippen LogP contribution in [0, 0.1) is 11.7 Å². The third kappa shape index (κ3) is 6.24. The third-order valence-electron chi connectivity index (χ3n) is 7.18. The van der Waals surface area contributed by atoms with Gasteiger partial charge in [0, 0.05) is 31.7 Å². The van der Waals surface area contributed by atoms with Gasteiger partial charge in [0.2, 0.25) is 5.82 Å². The van der Waals surface area contributed by atoms with E-state index in [2.05, 4.69) is 38.5 Å². The van der Waals surface area contributed by atoms with E-state index in [1.807, 2.05) is 12.1 Å². The molecule has 2 atom stereocenters. The Labute approximate surface area is 198 Å². The molecule has 2 saturated heterocycles. The Bertz CT molecular complexity index is 898. The molecule has 2 fully saturated rings. The summed E-state index contributed by atoms with van der Waals surface area (Å²) in [5, 5.41) is 0. The lowest BCUT2D eigenvalue weighted by molar-refractivity contribution is -0.145. The molecule has 3 heterocycles. The fraction of sp³-hybridized carbons (Fsp3) is 0.600. The normalized spacial score (nSPS) is 23.4. The van der Waals surface area contributed by atoms with Crippen LogP contribution in [-0.4, -0.2) is 64.6 Å². The minimum absolute atomic E-state index is 0.195. The summed E-state index contributed by atoms with van der Waals surface area (Å²) in [6, 6.07) is 7.36. The number of hydrogen-bond acceptors (Lipinski definition) is 5. The molecule has 2 aliphatic heterocycles. The van der Waals surface area contributed by atoms with Crippen LogP contribution in [0.25, 0.3) is 0 Å². The van der Waals surface area contributed by atoms with Crippen molar-refractivity contribution in [2.75, 3.05) is 37.6 Å². The molecule has 0 aliphatic carbocycles. The second kappa shape index (κ2) is 10.6. The number of benzene rings is 1. The lowest BCUT2D eigenvalue weighted by Gasteiger charge is -2.46. The number of piperazine rings is 1. The van der Waals surface area contributed by atoms with Gasteiger partial charge in [0.05, 0.1) is 18.1 Å². The zero-order chi connectivity index (χ0) is 24.3. The van der Waals surface area contributed by atoms with Gasteiger partial charge in [0.25, 0.3) is 0 Å². The maximum atomic E-state index is 13.1. The first-order chi connectivity index (χ1) is 16.2. The Morgan fingerprint density at radius 2 is 1.53 bits per heavy atom. The number of aromatic nitrogens is 2. The van der Waals surface area contributed by atoms with Gasteiger partial charge < -0.3 is 4.90 Å². The number of alkyl halides is 3. The summed E-state index contributed by atoms with van der Waals surface area (Å²) in [6.07, 6.45) is 1.55. The van der Waals surface area contributed by atoms with Gasteiger partial charge in [-0.1, -0.05) is 12.1 Å². The predicted molar refractivity (Wildman–Crippen MR) is 124 cm³/mol. The average molecular weight is 480 g/mol. The number of halogens is 4. The predicted octanol–water partition coefficient (Wildman–Crippen LogP) is 4.84. The molecule has 0 radical (unpaired) electrons. The number of nitrogens with zero attached hydrogens (tertiary/aromatic N) is 5. The Balaban J connectivity index is 1.23. The number of rotatable bonds is 6. The van der Waals surface area contributed by atoms with Crippen LogP contribution in [0.4, 0.5) is 23.2 Å². The van der Waals surface area contributed by atoms with Crippen LogP contribution in [0.1, 0.15) is 44.5 Å². The molecule has 0 bridgehead atoms. The van der Waals surface area contributed by atoms with E-state index >= 15 is 0 Å². The summed E-state index contributed by atoms with van der Waals surface area (Å²) in [6.45, 7) is 9.88. The van der Waals surface area contributed by atoms with Crippen LogP contribution >= 0.6 is 0 Å². The van der Waals surface area contributed by atoms with E-state index in [0.717, 1.165) is 51.3 Å². The van der Waals surface area contributed by atoms with E-state index in [0.29, 0.717) is 23.7 Å². The minimum Gasteiger partial charge on any atom is -0.366 e. The van der Waals surface area contributed by atoms with Crippen molar-refractivity contribution in [2.24, 2.45) is 5.92 Å². The Morgan fingerprint density at radius 3 is 2.09 bits per heavy atom. The van der Waals surface area contributed by atoms with E-state index in [4.69, 9.17) is 0 Å². The number of likely N-dealkylation sites (tertiary alicyclic amines) is 1. The SMILES string of the molecule is C[C@@H]1CN(c2cnc(C(F)(F)F)nc2)C[C@H](C)N1CCC1CCN(Cc2ccc(F)cc2)CC1. The maximum absolute atomic E-state index is 13.1. The quantitative estimate of drug-likeness (QED) is 0.555. The van der Waals surface area contributed by atoms with Gasteiger partial charge in [-0.3, -0.25) is 9.80 Å². The Morgan fingerprint density at radius 1 is 0.941 bits per heavy atom. The molecule has 1 aromatic heterocycles. The molecule has 0 unspecified atom stereocenters. The molecule has 0 N–H and O–H groups in total. The van der Waals surface area contributed by atoms with Gasteiger partial charge in [0.1, 0.15) is 5.82 Å². The molecule has 5 nitrogen and oxygen atoms in total. The van der Waals surface area contributed by atoms with Gasteiger partial charge >= 0.3 is 6.18 Å². The molecule has 34 heavy (non-hydrogen) atoms. The van der Waals surface area contributed by atoms with Crippen molar-refractivity contribution in [3.05, 3.63) is 53.9 Å². The zero-order valence-corrected chi connectivity index (χ0v) is 19.8. The van der Waals surface area contributed by atoms with Crippen molar-refractivity contribution < 1.29 is 17.6 Å². The fourth-order valence-electron chi connectivity index (χ4n) is 5.25. The summed E-state index contributed by atoms with van der Waals surface area (Å²) in [5.74, 6) is -0.593. The number of piperidine rings is 1. The van der Waals surface area contributed by atoms with Crippen LogP contribution in [-0.2, 0) is 12.7 Å². The second-order valence-corrected chi connectivity index (χ2v) is 9.74. The van der Waals surface area contributed by atoms with Crippen LogP contribution < -0.4 is 4.90 Å². The molecule has 0 amide bonds. The maximum Gasteiger partial charge on any atom is 0.451 e. The van der Waals surface area contributed by atoms with E-state index in [1.54, 1.807) is 0 Å². The zero-order valence-electron chi connectivity index (χ0n) is 19.8. The molecule has 0 saturated carbocycles. The summed E-state index contributed by atoms with van der Waals surface area (Å²) in [4.78, 5) is 14.1. The van der Waals surface area contributed by atoms with E-state index in [9.17, 15) is 17.6 Å². The summed E-state index contributed by atoms with van der Waals surface area (Å²) in [5.41, 5.74) is 1.79. The summed E-state index contributed by atoms with van der Waals surface area (Å²) < 4.78 is 51.4. The van der Waals surface area contributed by atoms with Crippen molar-refractivity contribution in [1.29, 1.82) is 0 Å². The number of hydrogen-bond donors (Lipinski definition) is 0. The molecule has 2 aliphatic rings. The first-order valence-corrected chi connectivity index (χ1v) is 12.1. The van der Waals surface area contributed by atoms with Crippen LogP contribution in [0.15, 0.2) is 36.7 Å². The van der Waals surface area contributed by atoms with Crippen LogP contribution in [0.5, 0.6) is 0 Å². The molecule has 9 heteroatoms. The lowest BCUT2D eigenvalue weighted by Crippen LogP contribution is -2.57. The molecule has 2 aromatic rings. The number of anilines is 1. The molecule has 186 valence electrons. The highest BCUT2D eigenvalue weighted by atomic mass is 19.4. The average Bonchev–Trinajstić information content (AvgIpc) is 2.80. The van der Waals surface area contributed by atoms with Crippen molar-refractivity contribution in [1.82, 2.24) is 19.8 Å². The first-order valence-electron chi connectivity index (χ1n) is 12.1. The highest BCUT2D eigenvalue weighted by molar-refractivity contribution is 5.43. The topological polar surface area (TPSA) is 35.5 Å². The van der Waals surface area contributed by atoms with E-state index in [1.165, 1.54) is 37.4 Å². The van der Waals surface area contributed by atoms with Gasteiger partial charge in [-0.25, -0.2) is 14.4 Å². The molecule has 1 aromatic carbocycles. The standard InChI is InChI=1S/C25H33F4N5/c1-18-15-33(23-13-30-24(31-14-23)25(27,28)29)16-19(2)34(18)12-9-20-7-10-32(11-8-20)17-21-3-5-22(26)6-4-21/h3-6,13-14,18-20H,7-12,15-17H2,1-2H3/t18-,19+. The fourth-order valence-corrected chi connectivity index (χ4v) is 5.25. The van der Waals surface area contributed by atoms with E-state index < -0.39 is 12.0 Å². The minimum atomic E-state index is -4.52. The monoisotopic (exact) mass is 479 g/mol. The highest BCUT2D eigenvalue weighted by Gasteiger charge is 2.35. The summed E-state index contributed by atoms with van der Waals surface area (Å²) in [7, 11) is 0. The first kappa shape index (κ1) is 24.9. The summed E-state index contributed by atoms with van der Waals surface area (Å²) >= 11 is 0. The smallest absolute Gasteiger partial charge is 0.366 e. The van der Waals surface area contributed by atoms with Crippen molar-refractivity contribution in [3.63, 3.8) is 0 Å². The highest BCUT2D eigenvalue weighted by Crippen LogP contribution is 2.28. The van der Waals surface area contributed by atoms with Gasteiger partial charge in [-0.15, -0.1) is 0 Å². The molecular formula is C25H33F4N5. The van der Waals surface area contributed by atoms with E-state index in [-0.39, 0.29) is 5.82 Å². The third-order valence-corrected chi connectivity index (χ3v) is 7.18. The molecular weight excluding hydrogens is 446 g/mol. The van der Waals surface area contributed by atoms with Gasteiger partial charge in [0.15, 0.2) is 0 Å². The molecule has 0 spiro atoms. The van der Waals surface area contributed by atoms with Crippen molar-refractivity contribution in [2.45, 2.75) is 57.9 Å². The van der Waals surface area contributed by atoms with Gasteiger partial charge in [-0.2, -0.15) is 13.2 Å². The van der Waals surface area contributed by atoms with Crippen molar-refractivity contribution >= 4 is 5.69 Å². The Hall–Kier alpha value is -2.26. The van der Waals surface area contributed by atoms with Gasteiger partial charge in [-0.05, 0) is 76.4 Å². The largest absolute Gasteiger partial charge is 0.451 e. The second-order valence-electron chi connectivity index (χ2n) is 9.74. The molecule has 4 rings (SSSR count).